The Bertz CT molecular complexity index is 451. The second kappa shape index (κ2) is 7.31. The number of benzene rings is 1. The van der Waals surface area contributed by atoms with Gasteiger partial charge in [-0.3, -0.25) is 4.90 Å². The van der Waals surface area contributed by atoms with Crippen LogP contribution in [0.25, 0.3) is 0 Å². The van der Waals surface area contributed by atoms with Gasteiger partial charge in [0.15, 0.2) is 0 Å². The van der Waals surface area contributed by atoms with Crippen LogP contribution in [-0.2, 0) is 11.3 Å². The van der Waals surface area contributed by atoms with Crippen molar-refractivity contribution in [2.24, 2.45) is 0 Å². The van der Waals surface area contributed by atoms with Gasteiger partial charge < -0.3 is 14.5 Å². The van der Waals surface area contributed by atoms with Gasteiger partial charge in [-0.2, -0.15) is 0 Å². The Kier molecular flexibility index (Phi) is 5.44. The van der Waals surface area contributed by atoms with Gasteiger partial charge >= 0.3 is 6.09 Å². The van der Waals surface area contributed by atoms with E-state index in [1.54, 1.807) is 4.90 Å². The van der Waals surface area contributed by atoms with Crippen LogP contribution in [-0.4, -0.2) is 62.8 Å². The molecule has 0 unspecified atom stereocenters. The highest BCUT2D eigenvalue weighted by molar-refractivity contribution is 5.67. The zero-order chi connectivity index (χ0) is 15.2. The van der Waals surface area contributed by atoms with Crippen LogP contribution in [0.1, 0.15) is 12.5 Å². The third-order valence-corrected chi connectivity index (χ3v) is 3.76. The van der Waals surface area contributed by atoms with Crippen molar-refractivity contribution in [2.75, 3.05) is 51.8 Å². The number of carbonyl (C=O) groups excluding carboxylic acids is 1. The minimum Gasteiger partial charge on any atom is -0.450 e. The fraction of sp³-hybridized carbons (Fsp3) is 0.562. The van der Waals surface area contributed by atoms with Crippen LogP contribution in [0, 0.1) is 0 Å². The fourth-order valence-corrected chi connectivity index (χ4v) is 2.46. The summed E-state index contributed by atoms with van der Waals surface area (Å²) in [5.74, 6) is 0. The maximum atomic E-state index is 11.6. The zero-order valence-corrected chi connectivity index (χ0v) is 13.2. The second-order valence-electron chi connectivity index (χ2n) is 5.52. The molecular formula is C16H25N3O2. The standard InChI is InChI=1S/C16H25N3O2/c1-4-21-16(20)19-11-9-18(10-12-19)13-14-5-7-15(8-6-14)17(2)3/h5-8H,4,9-13H2,1-3H3. The van der Waals surface area contributed by atoms with Crippen LogP contribution >= 0.6 is 0 Å². The third-order valence-electron chi connectivity index (χ3n) is 3.76. The summed E-state index contributed by atoms with van der Waals surface area (Å²) in [7, 11) is 4.09. The van der Waals surface area contributed by atoms with Crippen LogP contribution in [0.3, 0.4) is 0 Å². The van der Waals surface area contributed by atoms with Crippen molar-refractivity contribution in [1.82, 2.24) is 9.80 Å². The molecule has 2 rings (SSSR count). The molecule has 1 aromatic carbocycles. The second-order valence-corrected chi connectivity index (χ2v) is 5.52. The van der Waals surface area contributed by atoms with Crippen molar-refractivity contribution in [1.29, 1.82) is 0 Å². The van der Waals surface area contributed by atoms with Crippen LogP contribution in [0.15, 0.2) is 24.3 Å². The lowest BCUT2D eigenvalue weighted by molar-refractivity contribution is 0.0778. The van der Waals surface area contributed by atoms with Crippen LogP contribution < -0.4 is 4.90 Å². The first-order valence-corrected chi connectivity index (χ1v) is 7.50. The number of amides is 1. The maximum absolute atomic E-state index is 11.6. The highest BCUT2D eigenvalue weighted by Crippen LogP contribution is 2.14. The van der Waals surface area contributed by atoms with E-state index < -0.39 is 0 Å². The lowest BCUT2D eigenvalue weighted by Crippen LogP contribution is -2.48. The first-order chi connectivity index (χ1) is 10.1. The van der Waals surface area contributed by atoms with Gasteiger partial charge in [-0.05, 0) is 24.6 Å². The lowest BCUT2D eigenvalue weighted by Gasteiger charge is -2.34. The molecule has 0 N–H and O–H groups in total. The topological polar surface area (TPSA) is 36.0 Å². The number of nitrogens with zero attached hydrogens (tertiary/aromatic N) is 3. The van der Waals surface area contributed by atoms with Crippen molar-refractivity contribution < 1.29 is 9.53 Å². The van der Waals surface area contributed by atoms with E-state index >= 15 is 0 Å². The summed E-state index contributed by atoms with van der Waals surface area (Å²) in [5.41, 5.74) is 2.52. The molecule has 1 heterocycles. The van der Waals surface area contributed by atoms with Crippen molar-refractivity contribution in [3.8, 4) is 0 Å². The summed E-state index contributed by atoms with van der Waals surface area (Å²) in [5, 5.41) is 0. The van der Waals surface area contributed by atoms with Crippen LogP contribution in [0.5, 0.6) is 0 Å². The smallest absolute Gasteiger partial charge is 0.409 e. The van der Waals surface area contributed by atoms with E-state index in [9.17, 15) is 4.79 Å². The highest BCUT2D eigenvalue weighted by atomic mass is 16.6. The minimum absolute atomic E-state index is 0.188. The number of piperazine rings is 1. The molecule has 0 spiro atoms. The SMILES string of the molecule is CCOC(=O)N1CCN(Cc2ccc(N(C)C)cc2)CC1. The molecule has 0 saturated carbocycles. The molecule has 1 aliphatic heterocycles. The first-order valence-electron chi connectivity index (χ1n) is 7.50. The van der Waals surface area contributed by atoms with Gasteiger partial charge in [-0.25, -0.2) is 4.79 Å². The van der Waals surface area contributed by atoms with Gasteiger partial charge in [0.1, 0.15) is 0 Å². The van der Waals surface area contributed by atoms with Crippen LogP contribution in [0.4, 0.5) is 10.5 Å². The first kappa shape index (κ1) is 15.6. The van der Waals surface area contributed by atoms with Gasteiger partial charge in [0.2, 0.25) is 0 Å². The summed E-state index contributed by atoms with van der Waals surface area (Å²) < 4.78 is 5.03. The van der Waals surface area contributed by atoms with Crippen molar-refractivity contribution >= 4 is 11.8 Å². The van der Waals surface area contributed by atoms with Gasteiger partial charge in [0.05, 0.1) is 6.61 Å². The predicted molar refractivity (Wildman–Crippen MR) is 84.6 cm³/mol. The lowest BCUT2D eigenvalue weighted by atomic mass is 10.1. The van der Waals surface area contributed by atoms with Crippen molar-refractivity contribution in [3.63, 3.8) is 0 Å². The summed E-state index contributed by atoms with van der Waals surface area (Å²) in [6, 6.07) is 8.63. The van der Waals surface area contributed by atoms with Gasteiger partial charge in [-0.15, -0.1) is 0 Å². The van der Waals surface area contributed by atoms with E-state index in [1.807, 2.05) is 21.0 Å². The molecular weight excluding hydrogens is 266 g/mol. The number of hydrogen-bond donors (Lipinski definition) is 0. The molecule has 1 amide bonds. The highest BCUT2D eigenvalue weighted by Gasteiger charge is 2.21. The van der Waals surface area contributed by atoms with Crippen LogP contribution in [0.2, 0.25) is 0 Å². The number of ether oxygens (including phenoxy) is 1. The molecule has 5 heteroatoms. The van der Waals surface area contributed by atoms with Gasteiger partial charge in [-0.1, -0.05) is 12.1 Å². The van der Waals surface area contributed by atoms with E-state index in [1.165, 1.54) is 11.3 Å². The van der Waals surface area contributed by atoms with E-state index in [2.05, 4.69) is 34.1 Å². The summed E-state index contributed by atoms with van der Waals surface area (Å²) in [4.78, 5) is 17.9. The Morgan fingerprint density at radius 3 is 2.29 bits per heavy atom. The molecule has 1 saturated heterocycles. The number of carbonyl (C=O) groups is 1. The molecule has 0 radical (unpaired) electrons. The molecule has 0 atom stereocenters. The number of rotatable bonds is 4. The molecule has 5 nitrogen and oxygen atoms in total. The van der Waals surface area contributed by atoms with Gasteiger partial charge in [0.25, 0.3) is 0 Å². The fourth-order valence-electron chi connectivity index (χ4n) is 2.46. The molecule has 116 valence electrons. The quantitative estimate of drug-likeness (QED) is 0.850. The molecule has 1 fully saturated rings. The predicted octanol–water partition coefficient (Wildman–Crippen LogP) is 2.03. The molecule has 0 aromatic heterocycles. The molecule has 21 heavy (non-hydrogen) atoms. The minimum atomic E-state index is -0.188. The summed E-state index contributed by atoms with van der Waals surface area (Å²) in [6.07, 6.45) is -0.188. The Morgan fingerprint density at radius 1 is 1.14 bits per heavy atom. The number of anilines is 1. The maximum Gasteiger partial charge on any atom is 0.409 e. The largest absolute Gasteiger partial charge is 0.450 e. The Labute approximate surface area is 127 Å². The van der Waals surface area contributed by atoms with E-state index in [-0.39, 0.29) is 6.09 Å². The Morgan fingerprint density at radius 2 is 1.76 bits per heavy atom. The van der Waals surface area contributed by atoms with Crippen molar-refractivity contribution in [2.45, 2.75) is 13.5 Å². The summed E-state index contributed by atoms with van der Waals surface area (Å²) >= 11 is 0. The van der Waals surface area contributed by atoms with E-state index in [4.69, 9.17) is 4.74 Å². The Hall–Kier alpha value is -1.75. The monoisotopic (exact) mass is 291 g/mol. The molecule has 1 aromatic rings. The zero-order valence-electron chi connectivity index (χ0n) is 13.2. The average Bonchev–Trinajstić information content (AvgIpc) is 2.49. The Balaban J connectivity index is 1.82. The van der Waals surface area contributed by atoms with Crippen molar-refractivity contribution in [3.05, 3.63) is 29.8 Å². The van der Waals surface area contributed by atoms with E-state index in [0.717, 1.165) is 32.7 Å². The molecule has 0 aliphatic carbocycles. The normalized spacial score (nSPS) is 15.9. The number of hydrogen-bond acceptors (Lipinski definition) is 4. The van der Waals surface area contributed by atoms with E-state index in [0.29, 0.717) is 6.61 Å². The molecule has 1 aliphatic rings. The van der Waals surface area contributed by atoms with Gasteiger partial charge in [0, 0.05) is 52.5 Å². The average molecular weight is 291 g/mol. The third kappa shape index (κ3) is 4.36. The molecule has 0 bridgehead atoms. The summed E-state index contributed by atoms with van der Waals surface area (Å²) in [6.45, 7) is 6.50.